The standard InChI is InChI=1S/C43H23N3S3/c1-2-8-28-24(7-1)13-20-34-33-19-16-27(23-39(33)49-40(28)34)43-45-41(25-14-17-31-29-9-3-5-11-35(29)47-37(31)21-25)44-42(46-43)26-15-18-32-30-10-4-6-12-36(30)48-38(32)22-26/h1-23H. The van der Waals surface area contributed by atoms with Crippen LogP contribution in [0.1, 0.15) is 0 Å². The lowest BCUT2D eigenvalue weighted by molar-refractivity contribution is 1.08. The van der Waals surface area contributed by atoms with Crippen molar-refractivity contribution in [3.05, 3.63) is 140 Å². The fourth-order valence-electron chi connectivity index (χ4n) is 7.14. The molecule has 228 valence electrons. The summed E-state index contributed by atoms with van der Waals surface area (Å²) in [5.41, 5.74) is 2.96. The zero-order chi connectivity index (χ0) is 32.1. The van der Waals surface area contributed by atoms with Gasteiger partial charge in [-0.2, -0.15) is 0 Å². The lowest BCUT2D eigenvalue weighted by Crippen LogP contribution is -2.00. The van der Waals surface area contributed by atoms with E-state index in [0.717, 1.165) is 16.7 Å². The summed E-state index contributed by atoms with van der Waals surface area (Å²) in [6, 6.07) is 50.2. The predicted octanol–water partition coefficient (Wildman–Crippen LogP) is 13.1. The van der Waals surface area contributed by atoms with Crippen molar-refractivity contribution in [3.63, 3.8) is 0 Å². The summed E-state index contributed by atoms with van der Waals surface area (Å²) in [5.74, 6) is 2.04. The molecule has 0 bridgehead atoms. The van der Waals surface area contributed by atoms with E-state index < -0.39 is 0 Å². The lowest BCUT2D eigenvalue weighted by atomic mass is 10.1. The first kappa shape index (κ1) is 27.4. The van der Waals surface area contributed by atoms with E-state index in [2.05, 4.69) is 140 Å². The van der Waals surface area contributed by atoms with Gasteiger partial charge in [0.25, 0.3) is 0 Å². The number of aromatic nitrogens is 3. The van der Waals surface area contributed by atoms with Gasteiger partial charge in [0, 0.05) is 77.2 Å². The zero-order valence-corrected chi connectivity index (χ0v) is 28.3. The normalized spacial score (nSPS) is 12.1. The molecule has 0 saturated carbocycles. The van der Waals surface area contributed by atoms with Crippen LogP contribution in [0.15, 0.2) is 140 Å². The maximum Gasteiger partial charge on any atom is 0.164 e. The van der Waals surface area contributed by atoms with Crippen molar-refractivity contribution in [2.75, 3.05) is 0 Å². The number of thiophene rings is 3. The van der Waals surface area contributed by atoms with Crippen LogP contribution in [0.2, 0.25) is 0 Å². The molecular weight excluding hydrogens is 655 g/mol. The van der Waals surface area contributed by atoms with E-state index >= 15 is 0 Å². The van der Waals surface area contributed by atoms with Gasteiger partial charge in [-0.05, 0) is 41.1 Å². The minimum absolute atomic E-state index is 0.678. The Morgan fingerprint density at radius 3 is 1.27 bits per heavy atom. The number of hydrogen-bond donors (Lipinski definition) is 0. The molecule has 0 aliphatic rings. The Kier molecular flexibility index (Phi) is 5.87. The molecule has 6 heteroatoms. The van der Waals surface area contributed by atoms with Gasteiger partial charge in [0.05, 0.1) is 0 Å². The van der Waals surface area contributed by atoms with E-state index in [9.17, 15) is 0 Å². The van der Waals surface area contributed by atoms with Crippen LogP contribution in [0.3, 0.4) is 0 Å². The monoisotopic (exact) mass is 677 g/mol. The van der Waals surface area contributed by atoms with Crippen LogP contribution < -0.4 is 0 Å². The summed E-state index contributed by atoms with van der Waals surface area (Å²) in [7, 11) is 0. The summed E-state index contributed by atoms with van der Waals surface area (Å²) >= 11 is 5.46. The third-order valence-corrected chi connectivity index (χ3v) is 13.0. The average molecular weight is 678 g/mol. The lowest BCUT2D eigenvalue weighted by Gasteiger charge is -2.09. The molecule has 0 atom stereocenters. The maximum absolute atomic E-state index is 5.16. The van der Waals surface area contributed by atoms with Crippen molar-refractivity contribution in [1.29, 1.82) is 0 Å². The van der Waals surface area contributed by atoms with Gasteiger partial charge in [-0.1, -0.05) is 109 Å². The van der Waals surface area contributed by atoms with Crippen LogP contribution in [-0.2, 0) is 0 Å². The molecular formula is C43H23N3S3. The molecule has 0 N–H and O–H groups in total. The highest BCUT2D eigenvalue weighted by Gasteiger charge is 2.17. The highest BCUT2D eigenvalue weighted by molar-refractivity contribution is 7.27. The van der Waals surface area contributed by atoms with E-state index in [-0.39, 0.29) is 0 Å². The van der Waals surface area contributed by atoms with Gasteiger partial charge < -0.3 is 0 Å². The molecule has 0 amide bonds. The first-order valence-corrected chi connectivity index (χ1v) is 18.6. The second-order valence-electron chi connectivity index (χ2n) is 12.4. The summed E-state index contributed by atoms with van der Waals surface area (Å²) in [5, 5.41) is 10.2. The summed E-state index contributed by atoms with van der Waals surface area (Å²) in [6.45, 7) is 0. The molecule has 11 aromatic rings. The van der Waals surface area contributed by atoms with Crippen molar-refractivity contribution in [3.8, 4) is 34.2 Å². The van der Waals surface area contributed by atoms with E-state index in [0.29, 0.717) is 17.5 Å². The number of benzene rings is 7. The summed E-state index contributed by atoms with van der Waals surface area (Å²) in [6.07, 6.45) is 0. The Balaban J connectivity index is 1.12. The highest BCUT2D eigenvalue weighted by atomic mass is 32.1. The maximum atomic E-state index is 5.16. The largest absolute Gasteiger partial charge is 0.208 e. The molecule has 4 heterocycles. The van der Waals surface area contributed by atoms with E-state index in [4.69, 9.17) is 15.0 Å². The number of fused-ring (bicyclic) bond motifs is 11. The van der Waals surface area contributed by atoms with Gasteiger partial charge in [0.1, 0.15) is 0 Å². The molecule has 0 fully saturated rings. The quantitative estimate of drug-likeness (QED) is 0.187. The van der Waals surface area contributed by atoms with Gasteiger partial charge in [0.15, 0.2) is 17.5 Å². The van der Waals surface area contributed by atoms with Gasteiger partial charge in [-0.15, -0.1) is 34.0 Å². The second-order valence-corrected chi connectivity index (χ2v) is 15.6. The molecule has 0 aliphatic heterocycles. The number of rotatable bonds is 3. The van der Waals surface area contributed by atoms with Gasteiger partial charge in [0.2, 0.25) is 0 Å². The van der Waals surface area contributed by atoms with Crippen molar-refractivity contribution >= 4 is 105 Å². The first-order valence-electron chi connectivity index (χ1n) is 16.2. The third kappa shape index (κ3) is 4.28. The predicted molar refractivity (Wildman–Crippen MR) is 212 cm³/mol. The first-order chi connectivity index (χ1) is 24.2. The van der Waals surface area contributed by atoms with Gasteiger partial charge in [-0.25, -0.2) is 15.0 Å². The van der Waals surface area contributed by atoms with Crippen LogP contribution >= 0.6 is 34.0 Å². The summed E-state index contributed by atoms with van der Waals surface area (Å²) < 4.78 is 7.57. The Morgan fingerprint density at radius 2 is 0.714 bits per heavy atom. The SMILES string of the molecule is c1ccc2c(c1)ccc1c3ccc(-c4nc(-c5ccc6c(c5)sc5ccccc56)nc(-c5ccc6c(c5)sc5ccccc56)n4)cc3sc21. The molecule has 7 aromatic carbocycles. The van der Waals surface area contributed by atoms with Crippen LogP contribution in [0.25, 0.3) is 105 Å². The molecule has 0 spiro atoms. The number of hydrogen-bond acceptors (Lipinski definition) is 6. The molecule has 4 aromatic heterocycles. The number of nitrogens with zero attached hydrogens (tertiary/aromatic N) is 3. The molecule has 0 saturated heterocycles. The van der Waals surface area contributed by atoms with Gasteiger partial charge in [-0.3, -0.25) is 0 Å². The summed E-state index contributed by atoms with van der Waals surface area (Å²) in [4.78, 5) is 15.5. The van der Waals surface area contributed by atoms with Gasteiger partial charge >= 0.3 is 0 Å². The smallest absolute Gasteiger partial charge is 0.164 e. The van der Waals surface area contributed by atoms with E-state index in [1.807, 2.05) is 34.0 Å². The molecule has 0 unspecified atom stereocenters. The van der Waals surface area contributed by atoms with Crippen molar-refractivity contribution in [1.82, 2.24) is 15.0 Å². The molecule has 11 rings (SSSR count). The third-order valence-electron chi connectivity index (χ3n) is 9.53. The van der Waals surface area contributed by atoms with E-state index in [1.165, 1.54) is 71.3 Å². The topological polar surface area (TPSA) is 38.7 Å². The minimum atomic E-state index is 0.678. The molecule has 49 heavy (non-hydrogen) atoms. The van der Waals surface area contributed by atoms with Crippen molar-refractivity contribution < 1.29 is 0 Å². The Hall–Kier alpha value is -5.53. The Bertz CT molecular complexity index is 3000. The Morgan fingerprint density at radius 1 is 0.306 bits per heavy atom. The van der Waals surface area contributed by atoms with Crippen molar-refractivity contribution in [2.24, 2.45) is 0 Å². The van der Waals surface area contributed by atoms with Crippen LogP contribution in [-0.4, -0.2) is 15.0 Å². The Labute approximate surface area is 292 Å². The highest BCUT2D eigenvalue weighted by Crippen LogP contribution is 2.41. The van der Waals surface area contributed by atoms with E-state index in [1.54, 1.807) is 0 Å². The van der Waals surface area contributed by atoms with Crippen LogP contribution in [0.4, 0.5) is 0 Å². The minimum Gasteiger partial charge on any atom is -0.208 e. The fourth-order valence-corrected chi connectivity index (χ4v) is 10.7. The zero-order valence-electron chi connectivity index (χ0n) is 25.8. The van der Waals surface area contributed by atoms with Crippen molar-refractivity contribution in [2.45, 2.75) is 0 Å². The fraction of sp³-hybridized carbons (Fsp3) is 0. The van der Waals surface area contributed by atoms with Crippen LogP contribution in [0.5, 0.6) is 0 Å². The average Bonchev–Trinajstić information content (AvgIpc) is 3.85. The molecule has 3 nitrogen and oxygen atoms in total. The second kappa shape index (κ2) is 10.5. The van der Waals surface area contributed by atoms with Crippen LogP contribution in [0, 0.1) is 0 Å². The molecule has 0 radical (unpaired) electrons. The molecule has 0 aliphatic carbocycles.